The van der Waals surface area contributed by atoms with E-state index in [0.717, 1.165) is 5.69 Å². The fraction of sp³-hybridized carbons (Fsp3) is 0.667. The lowest BCUT2D eigenvalue weighted by Gasteiger charge is -2.40. The van der Waals surface area contributed by atoms with Gasteiger partial charge in [0.05, 0.1) is 12.6 Å². The van der Waals surface area contributed by atoms with Gasteiger partial charge in [-0.2, -0.15) is 17.0 Å². The van der Waals surface area contributed by atoms with Crippen molar-refractivity contribution in [2.75, 3.05) is 39.3 Å². The first-order valence-electron chi connectivity index (χ1n) is 8.28. The summed E-state index contributed by atoms with van der Waals surface area (Å²) >= 11 is 0. The fourth-order valence-corrected chi connectivity index (χ4v) is 5.08. The van der Waals surface area contributed by atoms with Gasteiger partial charge in [0.2, 0.25) is 0 Å². The van der Waals surface area contributed by atoms with E-state index in [1.165, 1.54) is 4.31 Å². The first-order valence-corrected chi connectivity index (χ1v) is 9.68. The van der Waals surface area contributed by atoms with Gasteiger partial charge in [-0.1, -0.05) is 0 Å². The van der Waals surface area contributed by atoms with Crippen LogP contribution >= 0.6 is 0 Å². The molecule has 1 atom stereocenters. The molecule has 3 heterocycles. The third-order valence-electron chi connectivity index (χ3n) is 4.67. The van der Waals surface area contributed by atoms with E-state index in [-0.39, 0.29) is 12.1 Å². The minimum absolute atomic E-state index is 0.193. The number of carbonyl (C=O) groups excluding carboxylic acids is 1. The van der Waals surface area contributed by atoms with E-state index in [4.69, 9.17) is 4.74 Å². The molecule has 9 heteroatoms. The number of rotatable bonds is 3. The second kappa shape index (κ2) is 6.73. The number of hydrogen-bond acceptors (Lipinski definition) is 4. The number of carbonyl (C=O) groups is 1. The van der Waals surface area contributed by atoms with Gasteiger partial charge in [-0.15, -0.1) is 0 Å². The van der Waals surface area contributed by atoms with E-state index >= 15 is 0 Å². The van der Waals surface area contributed by atoms with Crippen LogP contribution in [-0.4, -0.2) is 71.9 Å². The Morgan fingerprint density at radius 2 is 1.92 bits per heavy atom. The summed E-state index contributed by atoms with van der Waals surface area (Å²) in [6.07, 6.45) is 1.60. The van der Waals surface area contributed by atoms with Crippen molar-refractivity contribution in [3.63, 3.8) is 0 Å². The molecule has 0 aliphatic carbocycles. The molecule has 1 fully saturated rings. The van der Waals surface area contributed by atoms with Crippen molar-refractivity contribution in [1.82, 2.24) is 18.1 Å². The number of ether oxygens (including phenoxy) is 1. The molecule has 0 aromatic carbocycles. The summed E-state index contributed by atoms with van der Waals surface area (Å²) in [4.78, 5) is 13.3. The third-order valence-corrected chi connectivity index (χ3v) is 6.78. The topological polar surface area (TPSA) is 75.1 Å². The van der Waals surface area contributed by atoms with Crippen molar-refractivity contribution in [1.29, 1.82) is 0 Å². The number of nitrogens with zero attached hydrogens (tertiary/aromatic N) is 4. The summed E-state index contributed by atoms with van der Waals surface area (Å²) in [7, 11) is -3.54. The quantitative estimate of drug-likeness (QED) is 0.806. The summed E-state index contributed by atoms with van der Waals surface area (Å²) in [5.74, 6) is 0. The maximum absolute atomic E-state index is 13.0. The molecule has 0 spiro atoms. The van der Waals surface area contributed by atoms with Crippen molar-refractivity contribution in [2.45, 2.75) is 26.4 Å². The lowest BCUT2D eigenvalue weighted by molar-refractivity contribution is 0.0918. The summed E-state index contributed by atoms with van der Waals surface area (Å²) in [6.45, 7) is 6.42. The van der Waals surface area contributed by atoms with Crippen molar-refractivity contribution < 1.29 is 17.9 Å². The van der Waals surface area contributed by atoms with Crippen molar-refractivity contribution in [3.8, 4) is 0 Å². The van der Waals surface area contributed by atoms with Gasteiger partial charge in [0, 0.05) is 51.2 Å². The van der Waals surface area contributed by atoms with E-state index < -0.39 is 10.2 Å². The monoisotopic (exact) mass is 356 g/mol. The molecular formula is C15H24N4O4S. The van der Waals surface area contributed by atoms with Crippen molar-refractivity contribution in [2.24, 2.45) is 0 Å². The molecule has 2 aliphatic rings. The van der Waals surface area contributed by atoms with Gasteiger partial charge < -0.3 is 14.2 Å². The van der Waals surface area contributed by atoms with Gasteiger partial charge in [-0.25, -0.2) is 4.79 Å². The third kappa shape index (κ3) is 3.03. The van der Waals surface area contributed by atoms with Gasteiger partial charge >= 0.3 is 6.09 Å². The Bertz CT molecular complexity index is 694. The number of hydrogen-bond donors (Lipinski definition) is 0. The van der Waals surface area contributed by atoms with Crippen LogP contribution in [0.15, 0.2) is 18.3 Å². The van der Waals surface area contributed by atoms with Crippen molar-refractivity contribution >= 4 is 16.3 Å². The molecule has 2 aliphatic heterocycles. The smallest absolute Gasteiger partial charge is 0.409 e. The molecule has 1 aromatic heterocycles. The first-order chi connectivity index (χ1) is 11.4. The SMILES string of the molecule is CCOC(=O)N1CCN(S(=O)(=O)N2CCn3cccc3[C@H]2C)CC1. The van der Waals surface area contributed by atoms with Gasteiger partial charge in [-0.05, 0) is 26.0 Å². The van der Waals surface area contributed by atoms with E-state index in [1.54, 1.807) is 16.1 Å². The standard InChI is InChI=1S/C15H24N4O4S/c1-3-23-15(20)17-7-10-18(11-8-17)24(21,22)19-12-9-16-6-4-5-14(16)13(19)2/h4-6,13H,3,7-12H2,1-2H3/t13-/m1/s1. The highest BCUT2D eigenvalue weighted by molar-refractivity contribution is 7.86. The van der Waals surface area contributed by atoms with E-state index in [2.05, 4.69) is 4.57 Å². The second-order valence-corrected chi connectivity index (χ2v) is 7.89. The zero-order valence-electron chi connectivity index (χ0n) is 14.1. The summed E-state index contributed by atoms with van der Waals surface area (Å²) in [5.41, 5.74) is 1.01. The number of amides is 1. The van der Waals surface area contributed by atoms with Crippen LogP contribution < -0.4 is 0 Å². The maximum Gasteiger partial charge on any atom is 0.409 e. The van der Waals surface area contributed by atoms with Gasteiger partial charge in [0.25, 0.3) is 10.2 Å². The zero-order chi connectivity index (χ0) is 17.3. The lowest BCUT2D eigenvalue weighted by Crippen LogP contribution is -2.55. The molecule has 1 saturated heterocycles. The highest BCUT2D eigenvalue weighted by atomic mass is 32.2. The Morgan fingerprint density at radius 1 is 1.21 bits per heavy atom. The highest BCUT2D eigenvalue weighted by Gasteiger charge is 2.38. The Balaban J connectivity index is 1.68. The molecule has 0 bridgehead atoms. The number of aromatic nitrogens is 1. The van der Waals surface area contributed by atoms with Gasteiger partial charge in [0.1, 0.15) is 0 Å². The second-order valence-electron chi connectivity index (χ2n) is 6.01. The Morgan fingerprint density at radius 3 is 2.58 bits per heavy atom. The van der Waals surface area contributed by atoms with Crippen LogP contribution in [0.2, 0.25) is 0 Å². The van der Waals surface area contributed by atoms with E-state index in [0.29, 0.717) is 45.9 Å². The Hall–Kier alpha value is -1.58. The predicted octanol–water partition coefficient (Wildman–Crippen LogP) is 0.884. The summed E-state index contributed by atoms with van der Waals surface area (Å²) in [5, 5.41) is 0. The number of piperazine rings is 1. The van der Waals surface area contributed by atoms with Crippen LogP contribution in [-0.2, 0) is 21.5 Å². The Kier molecular flexibility index (Phi) is 4.84. The molecule has 8 nitrogen and oxygen atoms in total. The largest absolute Gasteiger partial charge is 0.450 e. The maximum atomic E-state index is 13.0. The first kappa shape index (κ1) is 17.2. The summed E-state index contributed by atoms with van der Waals surface area (Å²) < 4.78 is 36.1. The highest BCUT2D eigenvalue weighted by Crippen LogP contribution is 2.29. The lowest BCUT2D eigenvalue weighted by atomic mass is 10.2. The minimum Gasteiger partial charge on any atom is -0.450 e. The molecule has 0 radical (unpaired) electrons. The van der Waals surface area contributed by atoms with Gasteiger partial charge in [-0.3, -0.25) is 0 Å². The van der Waals surface area contributed by atoms with Crippen LogP contribution in [0.3, 0.4) is 0 Å². The molecule has 0 saturated carbocycles. The predicted molar refractivity (Wildman–Crippen MR) is 88.6 cm³/mol. The van der Waals surface area contributed by atoms with E-state index in [9.17, 15) is 13.2 Å². The Labute approximate surface area is 142 Å². The van der Waals surface area contributed by atoms with Crippen LogP contribution in [0.5, 0.6) is 0 Å². The van der Waals surface area contributed by atoms with Crippen molar-refractivity contribution in [3.05, 3.63) is 24.0 Å². The van der Waals surface area contributed by atoms with E-state index in [1.807, 2.05) is 25.3 Å². The van der Waals surface area contributed by atoms with Crippen LogP contribution in [0.4, 0.5) is 4.79 Å². The van der Waals surface area contributed by atoms with Gasteiger partial charge in [0.15, 0.2) is 0 Å². The molecule has 134 valence electrons. The fourth-order valence-electron chi connectivity index (χ4n) is 3.34. The average Bonchev–Trinajstić information content (AvgIpc) is 3.05. The normalized spacial score (nSPS) is 23.1. The molecule has 0 unspecified atom stereocenters. The molecule has 1 aromatic rings. The molecular weight excluding hydrogens is 332 g/mol. The molecule has 1 amide bonds. The molecule has 0 N–H and O–H groups in total. The average molecular weight is 356 g/mol. The zero-order valence-corrected chi connectivity index (χ0v) is 14.9. The minimum atomic E-state index is -3.54. The van der Waals surface area contributed by atoms with Crippen LogP contribution in [0, 0.1) is 0 Å². The van der Waals surface area contributed by atoms with Crippen LogP contribution in [0.25, 0.3) is 0 Å². The number of fused-ring (bicyclic) bond motifs is 1. The van der Waals surface area contributed by atoms with Crippen LogP contribution in [0.1, 0.15) is 25.6 Å². The summed E-state index contributed by atoms with van der Waals surface area (Å²) in [6, 6.07) is 3.72. The molecule has 3 rings (SSSR count). The molecule has 24 heavy (non-hydrogen) atoms.